The number of ether oxygens (including phenoxy) is 1. The molecular formula is C23H21F3N4OS. The minimum atomic E-state index is -4.52. The molecule has 0 fully saturated rings. The third kappa shape index (κ3) is 4.68. The lowest BCUT2D eigenvalue weighted by Gasteiger charge is -2.16. The topological polar surface area (TPSA) is 51.1 Å². The number of methoxy groups -OCH3 is 1. The van der Waals surface area contributed by atoms with Gasteiger partial charge >= 0.3 is 6.18 Å². The molecule has 0 bridgehead atoms. The number of anilines is 2. The first-order chi connectivity index (χ1) is 15.4. The summed E-state index contributed by atoms with van der Waals surface area (Å²) in [4.78, 5) is 5.10. The van der Waals surface area contributed by atoms with Gasteiger partial charge in [0.2, 0.25) is 0 Å². The van der Waals surface area contributed by atoms with Crippen molar-refractivity contribution in [1.82, 2.24) is 14.3 Å². The summed E-state index contributed by atoms with van der Waals surface area (Å²) < 4.78 is 47.8. The highest BCUT2D eigenvalue weighted by atomic mass is 32.2. The van der Waals surface area contributed by atoms with Crippen LogP contribution in [0.15, 0.2) is 72.0 Å². The third-order valence-corrected chi connectivity index (χ3v) is 5.82. The second kappa shape index (κ2) is 9.13. The van der Waals surface area contributed by atoms with Crippen molar-refractivity contribution in [3.63, 3.8) is 0 Å². The van der Waals surface area contributed by atoms with E-state index in [1.54, 1.807) is 18.5 Å². The highest BCUT2D eigenvalue weighted by Crippen LogP contribution is 2.39. The zero-order valence-corrected chi connectivity index (χ0v) is 18.2. The maximum atomic E-state index is 13.6. The molecule has 0 spiro atoms. The summed E-state index contributed by atoms with van der Waals surface area (Å²) in [6.45, 7) is 0.667. The fraction of sp³-hybridized carbons (Fsp3) is 0.174. The number of benzene rings is 2. The van der Waals surface area contributed by atoms with Gasteiger partial charge in [-0.15, -0.1) is 0 Å². The lowest BCUT2D eigenvalue weighted by atomic mass is 10.1. The Labute approximate surface area is 187 Å². The molecule has 166 valence electrons. The van der Waals surface area contributed by atoms with Crippen LogP contribution in [0.4, 0.5) is 24.5 Å². The number of halogens is 3. The summed E-state index contributed by atoms with van der Waals surface area (Å²) >= 11 is 1.49. The molecule has 0 saturated carbocycles. The largest absolute Gasteiger partial charge is 0.497 e. The highest BCUT2D eigenvalue weighted by molar-refractivity contribution is 7.98. The summed E-state index contributed by atoms with van der Waals surface area (Å²) in [5.41, 5.74) is 1.71. The van der Waals surface area contributed by atoms with Crippen LogP contribution in [0.25, 0.3) is 10.9 Å². The molecule has 9 heteroatoms. The molecule has 0 unspecified atom stereocenters. The molecule has 32 heavy (non-hydrogen) atoms. The van der Waals surface area contributed by atoms with E-state index in [9.17, 15) is 13.2 Å². The number of rotatable bonds is 7. The van der Waals surface area contributed by atoms with Gasteiger partial charge in [0.15, 0.2) is 0 Å². The summed E-state index contributed by atoms with van der Waals surface area (Å²) in [5.74, 6) is 0.150. The monoisotopic (exact) mass is 458 g/mol. The van der Waals surface area contributed by atoms with Gasteiger partial charge in [0.1, 0.15) is 5.75 Å². The maximum Gasteiger partial charge on any atom is 0.418 e. The molecule has 2 heterocycles. The molecule has 0 aliphatic heterocycles. The SMILES string of the molecule is CNCc1cn(Sc2cccnc2)c2cc(Nc3ccc(OC)cc3C(F)(F)F)ccc12. The van der Waals surface area contributed by atoms with E-state index < -0.39 is 11.7 Å². The van der Waals surface area contributed by atoms with Crippen LogP contribution in [0, 0.1) is 0 Å². The number of hydrogen-bond acceptors (Lipinski definition) is 5. The number of hydrogen-bond donors (Lipinski definition) is 2. The van der Waals surface area contributed by atoms with Gasteiger partial charge in [-0.05, 0) is 67.0 Å². The van der Waals surface area contributed by atoms with E-state index >= 15 is 0 Å². The Kier molecular flexibility index (Phi) is 6.29. The number of aromatic nitrogens is 2. The van der Waals surface area contributed by atoms with Crippen LogP contribution in [0.2, 0.25) is 0 Å². The predicted molar refractivity (Wildman–Crippen MR) is 121 cm³/mol. The average Bonchev–Trinajstić information content (AvgIpc) is 3.11. The molecule has 0 aliphatic carbocycles. The van der Waals surface area contributed by atoms with Gasteiger partial charge in [-0.2, -0.15) is 13.2 Å². The quantitative estimate of drug-likeness (QED) is 0.351. The van der Waals surface area contributed by atoms with Crippen LogP contribution >= 0.6 is 11.9 Å². The third-order valence-electron chi connectivity index (χ3n) is 4.87. The number of nitrogens with zero attached hydrogens (tertiary/aromatic N) is 2. The van der Waals surface area contributed by atoms with Crippen molar-refractivity contribution in [1.29, 1.82) is 0 Å². The number of nitrogens with one attached hydrogen (secondary N) is 2. The van der Waals surface area contributed by atoms with Crippen molar-refractivity contribution in [3.8, 4) is 5.75 Å². The fourth-order valence-corrected chi connectivity index (χ4v) is 4.32. The molecule has 2 aromatic carbocycles. The first-order valence-electron chi connectivity index (χ1n) is 9.78. The Bertz CT molecular complexity index is 1230. The second-order valence-electron chi connectivity index (χ2n) is 7.06. The molecule has 2 aromatic heterocycles. The zero-order valence-electron chi connectivity index (χ0n) is 17.4. The molecule has 4 aromatic rings. The minimum absolute atomic E-state index is 0.0360. The molecule has 0 amide bonds. The molecule has 0 saturated heterocycles. The molecule has 0 aliphatic rings. The lowest BCUT2D eigenvalue weighted by Crippen LogP contribution is -2.09. The van der Waals surface area contributed by atoms with Gasteiger partial charge in [0.25, 0.3) is 0 Å². The van der Waals surface area contributed by atoms with Gasteiger partial charge in [0.05, 0.1) is 23.9 Å². The van der Waals surface area contributed by atoms with Crippen LogP contribution < -0.4 is 15.4 Å². The number of pyridine rings is 1. The Balaban J connectivity index is 1.74. The predicted octanol–water partition coefficient (Wildman–Crippen LogP) is 6.08. The van der Waals surface area contributed by atoms with E-state index in [4.69, 9.17) is 4.74 Å². The molecule has 2 N–H and O–H groups in total. The van der Waals surface area contributed by atoms with Gasteiger partial charge in [-0.25, -0.2) is 0 Å². The van der Waals surface area contributed by atoms with Gasteiger partial charge in [0, 0.05) is 41.1 Å². The Hall–Kier alpha value is -3.17. The van der Waals surface area contributed by atoms with Gasteiger partial charge in [-0.3, -0.25) is 8.96 Å². The highest BCUT2D eigenvalue weighted by Gasteiger charge is 2.34. The minimum Gasteiger partial charge on any atom is -0.497 e. The number of alkyl halides is 3. The van der Waals surface area contributed by atoms with Crippen molar-refractivity contribution in [2.24, 2.45) is 0 Å². The van der Waals surface area contributed by atoms with Crippen molar-refractivity contribution in [2.75, 3.05) is 19.5 Å². The van der Waals surface area contributed by atoms with Crippen LogP contribution in [-0.4, -0.2) is 23.1 Å². The normalized spacial score (nSPS) is 11.7. The smallest absolute Gasteiger partial charge is 0.418 e. The van der Waals surface area contributed by atoms with Gasteiger partial charge < -0.3 is 15.4 Å². The zero-order chi connectivity index (χ0) is 22.7. The summed E-state index contributed by atoms with van der Waals surface area (Å²) in [5, 5.41) is 7.10. The van der Waals surface area contributed by atoms with E-state index in [0.717, 1.165) is 27.4 Å². The summed E-state index contributed by atoms with van der Waals surface area (Å²) in [6.07, 6.45) is 0.983. The first kappa shape index (κ1) is 22.0. The van der Waals surface area contributed by atoms with Crippen LogP contribution in [0.1, 0.15) is 11.1 Å². The van der Waals surface area contributed by atoms with E-state index in [-0.39, 0.29) is 11.4 Å². The Morgan fingerprint density at radius 3 is 2.66 bits per heavy atom. The van der Waals surface area contributed by atoms with E-state index in [1.807, 2.05) is 41.5 Å². The maximum absolute atomic E-state index is 13.6. The molecule has 4 rings (SSSR count). The molecule has 0 radical (unpaired) electrons. The molecular weight excluding hydrogens is 437 g/mol. The molecule has 0 atom stereocenters. The van der Waals surface area contributed by atoms with Crippen molar-refractivity contribution in [3.05, 3.63) is 78.2 Å². The fourth-order valence-electron chi connectivity index (χ4n) is 3.41. The van der Waals surface area contributed by atoms with Crippen molar-refractivity contribution >= 4 is 34.2 Å². The lowest BCUT2D eigenvalue weighted by molar-refractivity contribution is -0.137. The molecule has 5 nitrogen and oxygen atoms in total. The number of fused-ring (bicyclic) bond motifs is 1. The van der Waals surface area contributed by atoms with E-state index in [2.05, 4.69) is 15.6 Å². The van der Waals surface area contributed by atoms with Crippen molar-refractivity contribution in [2.45, 2.75) is 17.6 Å². The average molecular weight is 459 g/mol. The Morgan fingerprint density at radius 1 is 1.12 bits per heavy atom. The van der Waals surface area contributed by atoms with E-state index in [1.165, 1.54) is 31.2 Å². The standard InChI is InChI=1S/C23H21F3N4OS/c1-27-12-15-14-30(32-18-4-3-9-28-13-18)22-10-16(5-7-19(15)22)29-21-8-6-17(31-2)11-20(21)23(24,25)26/h3-11,13-14,27,29H,12H2,1-2H3. The second-order valence-corrected chi connectivity index (χ2v) is 8.10. The van der Waals surface area contributed by atoms with Crippen LogP contribution in [-0.2, 0) is 12.7 Å². The van der Waals surface area contributed by atoms with Crippen LogP contribution in [0.5, 0.6) is 5.75 Å². The first-order valence-corrected chi connectivity index (χ1v) is 10.6. The van der Waals surface area contributed by atoms with E-state index in [0.29, 0.717) is 12.2 Å². The van der Waals surface area contributed by atoms with Gasteiger partial charge in [-0.1, -0.05) is 6.07 Å². The summed E-state index contributed by atoms with van der Waals surface area (Å²) in [6, 6.07) is 13.2. The van der Waals surface area contributed by atoms with Crippen molar-refractivity contribution < 1.29 is 17.9 Å². The Morgan fingerprint density at radius 2 is 1.97 bits per heavy atom. The van der Waals surface area contributed by atoms with Crippen LogP contribution in [0.3, 0.4) is 0 Å². The summed E-state index contributed by atoms with van der Waals surface area (Å²) in [7, 11) is 3.21.